The topological polar surface area (TPSA) is 49.3 Å². The van der Waals surface area contributed by atoms with Crippen LogP contribution in [-0.2, 0) is 13.0 Å². The largest absolute Gasteiger partial charge is 0.356 e. The minimum Gasteiger partial charge on any atom is -0.356 e. The molecule has 2 rings (SSSR count). The van der Waals surface area contributed by atoms with Crippen LogP contribution in [0.15, 0.2) is 41.5 Å². The summed E-state index contributed by atoms with van der Waals surface area (Å²) in [5, 5.41) is 7.76. The number of hydrogen-bond acceptors (Lipinski definition) is 3. The minimum absolute atomic E-state index is 0. The van der Waals surface area contributed by atoms with Crippen molar-refractivity contribution in [3.05, 3.63) is 52.0 Å². The van der Waals surface area contributed by atoms with Crippen LogP contribution in [0, 0.1) is 6.92 Å². The number of nitrogens with one attached hydrogen (secondary N) is 2. The fourth-order valence-electron chi connectivity index (χ4n) is 1.81. The Bertz CT molecular complexity index is 554. The number of aryl methyl sites for hydroxylation is 1. The van der Waals surface area contributed by atoms with Crippen molar-refractivity contribution < 1.29 is 0 Å². The van der Waals surface area contributed by atoms with E-state index in [2.05, 4.69) is 39.7 Å². The monoisotopic (exact) mass is 416 g/mol. The zero-order chi connectivity index (χ0) is 14.2. The molecule has 0 aliphatic carbocycles. The molecule has 21 heavy (non-hydrogen) atoms. The predicted octanol–water partition coefficient (Wildman–Crippen LogP) is 2.98. The molecule has 0 bridgehead atoms. The molecule has 0 unspecified atom stereocenters. The molecule has 2 N–H and O–H groups in total. The van der Waals surface area contributed by atoms with Gasteiger partial charge in [-0.25, -0.2) is 4.98 Å². The zero-order valence-electron chi connectivity index (χ0n) is 12.3. The summed E-state index contributed by atoms with van der Waals surface area (Å²) in [7, 11) is 1.79. The quantitative estimate of drug-likeness (QED) is 0.448. The summed E-state index contributed by atoms with van der Waals surface area (Å²) in [5.41, 5.74) is 1.24. The van der Waals surface area contributed by atoms with Gasteiger partial charge in [-0.15, -0.1) is 35.3 Å². The molecular weight excluding hydrogens is 395 g/mol. The molecule has 0 amide bonds. The summed E-state index contributed by atoms with van der Waals surface area (Å²) < 4.78 is 0. The lowest BCUT2D eigenvalue weighted by Gasteiger charge is -2.11. The van der Waals surface area contributed by atoms with Crippen molar-refractivity contribution in [3.8, 4) is 0 Å². The van der Waals surface area contributed by atoms with E-state index in [1.165, 1.54) is 10.4 Å². The van der Waals surface area contributed by atoms with Crippen molar-refractivity contribution >= 4 is 41.3 Å². The van der Waals surface area contributed by atoms with Crippen LogP contribution in [0.25, 0.3) is 0 Å². The molecule has 0 aliphatic rings. The van der Waals surface area contributed by atoms with E-state index < -0.39 is 0 Å². The van der Waals surface area contributed by atoms with Crippen molar-refractivity contribution in [2.45, 2.75) is 19.9 Å². The first-order valence-electron chi connectivity index (χ1n) is 6.67. The minimum atomic E-state index is 0. The maximum Gasteiger partial charge on any atom is 0.191 e. The normalized spacial score (nSPS) is 10.9. The molecule has 0 radical (unpaired) electrons. The number of aromatic nitrogens is 1. The Morgan fingerprint density at radius 2 is 2.00 bits per heavy atom. The Labute approximate surface area is 147 Å². The Balaban J connectivity index is 0.00000220. The molecule has 0 fully saturated rings. The SMILES string of the molecule is CN=C(NCCc1ncc(C)s1)NCc1ccccc1.I. The molecule has 0 saturated heterocycles. The van der Waals surface area contributed by atoms with Gasteiger partial charge in [0.1, 0.15) is 0 Å². The van der Waals surface area contributed by atoms with Crippen LogP contribution in [0.2, 0.25) is 0 Å². The van der Waals surface area contributed by atoms with E-state index in [-0.39, 0.29) is 24.0 Å². The van der Waals surface area contributed by atoms with Crippen molar-refractivity contribution in [2.24, 2.45) is 4.99 Å². The van der Waals surface area contributed by atoms with Gasteiger partial charge in [-0.05, 0) is 12.5 Å². The Hall–Kier alpha value is -1.15. The zero-order valence-corrected chi connectivity index (χ0v) is 15.4. The van der Waals surface area contributed by atoms with Crippen LogP contribution in [0.3, 0.4) is 0 Å². The van der Waals surface area contributed by atoms with Gasteiger partial charge in [-0.3, -0.25) is 4.99 Å². The lowest BCUT2D eigenvalue weighted by molar-refractivity contribution is 0.792. The van der Waals surface area contributed by atoms with Crippen molar-refractivity contribution in [2.75, 3.05) is 13.6 Å². The second-order valence-electron chi connectivity index (χ2n) is 4.45. The smallest absolute Gasteiger partial charge is 0.191 e. The highest BCUT2D eigenvalue weighted by atomic mass is 127. The first-order valence-corrected chi connectivity index (χ1v) is 7.49. The van der Waals surface area contributed by atoms with Crippen LogP contribution >= 0.6 is 35.3 Å². The molecule has 2 aromatic rings. The summed E-state index contributed by atoms with van der Waals surface area (Å²) in [4.78, 5) is 9.82. The Morgan fingerprint density at radius 3 is 2.62 bits per heavy atom. The lowest BCUT2D eigenvalue weighted by Crippen LogP contribution is -2.37. The highest BCUT2D eigenvalue weighted by Gasteiger charge is 2.01. The second-order valence-corrected chi connectivity index (χ2v) is 5.77. The number of aliphatic imine (C=N–C) groups is 1. The molecule has 0 saturated carbocycles. The molecule has 4 nitrogen and oxygen atoms in total. The summed E-state index contributed by atoms with van der Waals surface area (Å²) >= 11 is 1.75. The number of nitrogens with zero attached hydrogens (tertiary/aromatic N) is 2. The molecule has 1 aromatic carbocycles. The standard InChI is InChI=1S/C15H20N4S.HI/c1-12-10-18-14(20-12)8-9-17-15(16-2)19-11-13-6-4-3-5-7-13;/h3-7,10H,8-9,11H2,1-2H3,(H2,16,17,19);1H. The molecule has 0 atom stereocenters. The average Bonchev–Trinajstić information content (AvgIpc) is 2.89. The van der Waals surface area contributed by atoms with Crippen LogP contribution in [0.4, 0.5) is 0 Å². The number of halogens is 1. The number of hydrogen-bond donors (Lipinski definition) is 2. The number of benzene rings is 1. The van der Waals surface area contributed by atoms with E-state index in [9.17, 15) is 0 Å². The van der Waals surface area contributed by atoms with E-state index in [0.717, 1.165) is 30.5 Å². The first-order chi connectivity index (χ1) is 9.78. The van der Waals surface area contributed by atoms with Gasteiger partial charge in [0.15, 0.2) is 5.96 Å². The molecule has 114 valence electrons. The average molecular weight is 416 g/mol. The van der Waals surface area contributed by atoms with Gasteiger partial charge < -0.3 is 10.6 Å². The van der Waals surface area contributed by atoms with Gasteiger partial charge >= 0.3 is 0 Å². The third-order valence-corrected chi connectivity index (χ3v) is 3.80. The summed E-state index contributed by atoms with van der Waals surface area (Å²) in [6.07, 6.45) is 2.84. The summed E-state index contributed by atoms with van der Waals surface area (Å²) in [6, 6.07) is 10.3. The van der Waals surface area contributed by atoms with Crippen LogP contribution in [0.1, 0.15) is 15.4 Å². The number of rotatable bonds is 5. The van der Waals surface area contributed by atoms with E-state index in [1.54, 1.807) is 18.4 Å². The fourth-order valence-corrected chi connectivity index (χ4v) is 2.59. The second kappa shape index (κ2) is 9.73. The van der Waals surface area contributed by atoms with Gasteiger partial charge in [0.25, 0.3) is 0 Å². The van der Waals surface area contributed by atoms with Gasteiger partial charge in [-0.2, -0.15) is 0 Å². The highest BCUT2D eigenvalue weighted by Crippen LogP contribution is 2.10. The molecular formula is C15H21IN4S. The molecule has 1 aromatic heterocycles. The van der Waals surface area contributed by atoms with E-state index in [1.807, 2.05) is 24.4 Å². The number of guanidine groups is 1. The number of thiazole rings is 1. The third-order valence-electron chi connectivity index (χ3n) is 2.83. The Morgan fingerprint density at radius 1 is 1.24 bits per heavy atom. The van der Waals surface area contributed by atoms with Crippen LogP contribution < -0.4 is 10.6 Å². The van der Waals surface area contributed by atoms with Crippen LogP contribution in [0.5, 0.6) is 0 Å². The van der Waals surface area contributed by atoms with E-state index in [0.29, 0.717) is 0 Å². The van der Waals surface area contributed by atoms with Crippen molar-refractivity contribution in [1.82, 2.24) is 15.6 Å². The molecule has 0 spiro atoms. The summed E-state index contributed by atoms with van der Waals surface area (Å²) in [6.45, 7) is 3.69. The summed E-state index contributed by atoms with van der Waals surface area (Å²) in [5.74, 6) is 0.821. The van der Waals surface area contributed by atoms with Gasteiger partial charge in [-0.1, -0.05) is 30.3 Å². The lowest BCUT2D eigenvalue weighted by atomic mass is 10.2. The van der Waals surface area contributed by atoms with Crippen molar-refractivity contribution in [1.29, 1.82) is 0 Å². The van der Waals surface area contributed by atoms with Gasteiger partial charge in [0.2, 0.25) is 0 Å². The maximum atomic E-state index is 4.35. The molecule has 6 heteroatoms. The van der Waals surface area contributed by atoms with E-state index in [4.69, 9.17) is 0 Å². The van der Waals surface area contributed by atoms with Gasteiger partial charge in [0.05, 0.1) is 5.01 Å². The maximum absolute atomic E-state index is 4.35. The highest BCUT2D eigenvalue weighted by molar-refractivity contribution is 14.0. The van der Waals surface area contributed by atoms with Crippen LogP contribution in [-0.4, -0.2) is 24.5 Å². The molecule has 0 aliphatic heterocycles. The predicted molar refractivity (Wildman–Crippen MR) is 101 cm³/mol. The molecule has 1 heterocycles. The van der Waals surface area contributed by atoms with E-state index >= 15 is 0 Å². The fraction of sp³-hybridized carbons (Fsp3) is 0.333. The Kier molecular flexibility index (Phi) is 8.29. The first kappa shape index (κ1) is 17.9. The van der Waals surface area contributed by atoms with Gasteiger partial charge in [0, 0.05) is 37.6 Å². The van der Waals surface area contributed by atoms with Crippen molar-refractivity contribution in [3.63, 3.8) is 0 Å². The third kappa shape index (κ3) is 6.43.